The van der Waals surface area contributed by atoms with E-state index in [1.165, 1.54) is 11.3 Å². The normalized spacial score (nSPS) is 17.4. The zero-order chi connectivity index (χ0) is 24.6. The standard InChI is InChI=1S/C26H39N7O2/c1-4-21-18-22(32-13-11-31(3)12-14-32)6-7-23(21)29-26-28-19-20(2)25(30-26)27-9-5-10-33-15-17-35-16-8-24(33)34/h6-7,18-19H,4-5,8-17H2,1-3H3,(H2,27,28,29,30). The molecule has 35 heavy (non-hydrogen) atoms. The maximum absolute atomic E-state index is 12.1. The number of nitrogens with zero attached hydrogens (tertiary/aromatic N) is 5. The number of rotatable bonds is 9. The summed E-state index contributed by atoms with van der Waals surface area (Å²) in [6.45, 7) is 11.8. The van der Waals surface area contributed by atoms with Crippen molar-refractivity contribution in [1.82, 2.24) is 19.8 Å². The molecule has 2 aliphatic rings. The van der Waals surface area contributed by atoms with Gasteiger partial charge in [-0.25, -0.2) is 4.98 Å². The average molecular weight is 482 g/mol. The molecule has 0 aliphatic carbocycles. The SMILES string of the molecule is CCc1cc(N2CCN(C)CC2)ccc1Nc1ncc(C)c(NCCCN2CCOCCC2=O)n1. The first-order valence-electron chi connectivity index (χ1n) is 12.8. The van der Waals surface area contributed by atoms with Gasteiger partial charge in [-0.2, -0.15) is 4.98 Å². The molecule has 2 aromatic rings. The number of anilines is 4. The molecular formula is C26H39N7O2. The van der Waals surface area contributed by atoms with Gasteiger partial charge in [0.05, 0.1) is 19.6 Å². The van der Waals surface area contributed by atoms with Crippen molar-refractivity contribution in [3.8, 4) is 0 Å². The van der Waals surface area contributed by atoms with Crippen molar-refractivity contribution in [3.05, 3.63) is 35.5 Å². The second-order valence-electron chi connectivity index (χ2n) is 9.36. The van der Waals surface area contributed by atoms with E-state index in [-0.39, 0.29) is 5.91 Å². The van der Waals surface area contributed by atoms with Crippen molar-refractivity contribution in [3.63, 3.8) is 0 Å². The maximum atomic E-state index is 12.1. The second-order valence-corrected chi connectivity index (χ2v) is 9.36. The lowest BCUT2D eigenvalue weighted by atomic mass is 10.1. The summed E-state index contributed by atoms with van der Waals surface area (Å²) in [6, 6.07) is 6.62. The second kappa shape index (κ2) is 12.2. The molecule has 3 heterocycles. The van der Waals surface area contributed by atoms with E-state index < -0.39 is 0 Å². The number of nitrogens with one attached hydrogen (secondary N) is 2. The largest absolute Gasteiger partial charge is 0.379 e. The molecule has 1 aromatic carbocycles. The van der Waals surface area contributed by atoms with E-state index >= 15 is 0 Å². The Bertz CT molecular complexity index is 992. The van der Waals surface area contributed by atoms with Crippen molar-refractivity contribution in [2.24, 2.45) is 0 Å². The predicted molar refractivity (Wildman–Crippen MR) is 141 cm³/mol. The highest BCUT2D eigenvalue weighted by molar-refractivity contribution is 5.76. The number of carbonyl (C=O) groups excluding carboxylic acids is 1. The molecule has 2 N–H and O–H groups in total. The smallest absolute Gasteiger partial charge is 0.229 e. The summed E-state index contributed by atoms with van der Waals surface area (Å²) in [4.78, 5) is 28.1. The van der Waals surface area contributed by atoms with Crippen LogP contribution in [0.25, 0.3) is 0 Å². The van der Waals surface area contributed by atoms with Crippen molar-refractivity contribution >= 4 is 29.0 Å². The maximum Gasteiger partial charge on any atom is 0.229 e. The number of amides is 1. The van der Waals surface area contributed by atoms with Crippen LogP contribution >= 0.6 is 0 Å². The Morgan fingerprint density at radius 1 is 1.11 bits per heavy atom. The van der Waals surface area contributed by atoms with Crippen LogP contribution < -0.4 is 15.5 Å². The van der Waals surface area contributed by atoms with Crippen LogP contribution in [0, 0.1) is 6.92 Å². The Kier molecular flexibility index (Phi) is 8.76. The number of aryl methyl sites for hydroxylation is 2. The number of benzene rings is 1. The number of likely N-dealkylation sites (N-methyl/N-ethyl adjacent to an activating group) is 1. The van der Waals surface area contributed by atoms with Crippen LogP contribution in [0.4, 0.5) is 23.1 Å². The molecule has 1 amide bonds. The number of hydrogen-bond donors (Lipinski definition) is 2. The van der Waals surface area contributed by atoms with Gasteiger partial charge >= 0.3 is 0 Å². The molecule has 0 bridgehead atoms. The summed E-state index contributed by atoms with van der Waals surface area (Å²) in [5.41, 5.74) is 4.58. The van der Waals surface area contributed by atoms with Gasteiger partial charge in [0.15, 0.2) is 0 Å². The molecule has 2 aliphatic heterocycles. The molecule has 190 valence electrons. The summed E-state index contributed by atoms with van der Waals surface area (Å²) in [5.74, 6) is 1.58. The van der Waals surface area contributed by atoms with Gasteiger partial charge in [-0.15, -0.1) is 0 Å². The monoisotopic (exact) mass is 481 g/mol. The van der Waals surface area contributed by atoms with Gasteiger partial charge in [-0.1, -0.05) is 6.92 Å². The Labute approximate surface area is 208 Å². The van der Waals surface area contributed by atoms with E-state index in [1.54, 1.807) is 0 Å². The average Bonchev–Trinajstić information content (AvgIpc) is 3.08. The van der Waals surface area contributed by atoms with Crippen LogP contribution in [0.15, 0.2) is 24.4 Å². The first-order chi connectivity index (χ1) is 17.0. The Hall–Kier alpha value is -2.91. The molecule has 2 fully saturated rings. The van der Waals surface area contributed by atoms with Crippen molar-refractivity contribution in [2.45, 2.75) is 33.1 Å². The van der Waals surface area contributed by atoms with E-state index in [1.807, 2.05) is 18.0 Å². The summed E-state index contributed by atoms with van der Waals surface area (Å²) in [6.07, 6.45) is 4.11. The Balaban J connectivity index is 1.35. The molecule has 0 unspecified atom stereocenters. The lowest BCUT2D eigenvalue weighted by Crippen LogP contribution is -2.44. The molecule has 2 saturated heterocycles. The molecule has 0 spiro atoms. The zero-order valence-corrected chi connectivity index (χ0v) is 21.3. The van der Waals surface area contributed by atoms with E-state index in [0.29, 0.717) is 32.1 Å². The first kappa shape index (κ1) is 25.2. The molecule has 4 rings (SSSR count). The number of piperazine rings is 1. The van der Waals surface area contributed by atoms with Crippen LogP contribution in [-0.4, -0.2) is 91.7 Å². The molecule has 9 nitrogen and oxygen atoms in total. The van der Waals surface area contributed by atoms with E-state index in [4.69, 9.17) is 9.72 Å². The Morgan fingerprint density at radius 2 is 1.94 bits per heavy atom. The topological polar surface area (TPSA) is 85.9 Å². The fourth-order valence-corrected chi connectivity index (χ4v) is 4.49. The van der Waals surface area contributed by atoms with Gasteiger partial charge in [-0.05, 0) is 50.6 Å². The quantitative estimate of drug-likeness (QED) is 0.529. The molecule has 0 radical (unpaired) electrons. The molecule has 1 aromatic heterocycles. The van der Waals surface area contributed by atoms with Gasteiger partial charge in [0.2, 0.25) is 11.9 Å². The van der Waals surface area contributed by atoms with Crippen molar-refractivity contribution in [2.75, 3.05) is 81.6 Å². The van der Waals surface area contributed by atoms with Crippen molar-refractivity contribution < 1.29 is 9.53 Å². The van der Waals surface area contributed by atoms with Crippen LogP contribution in [0.5, 0.6) is 0 Å². The van der Waals surface area contributed by atoms with E-state index in [0.717, 1.165) is 69.2 Å². The third-order valence-corrected chi connectivity index (χ3v) is 6.77. The number of ether oxygens (including phenoxy) is 1. The molecule has 0 saturated carbocycles. The summed E-state index contributed by atoms with van der Waals surface area (Å²) < 4.78 is 5.40. The lowest BCUT2D eigenvalue weighted by Gasteiger charge is -2.34. The Morgan fingerprint density at radius 3 is 2.74 bits per heavy atom. The predicted octanol–water partition coefficient (Wildman–Crippen LogP) is 2.89. The summed E-state index contributed by atoms with van der Waals surface area (Å²) >= 11 is 0. The van der Waals surface area contributed by atoms with Gasteiger partial charge in [-0.3, -0.25) is 4.79 Å². The van der Waals surface area contributed by atoms with E-state index in [9.17, 15) is 4.79 Å². The van der Waals surface area contributed by atoms with Gasteiger partial charge in [0.1, 0.15) is 5.82 Å². The van der Waals surface area contributed by atoms with Gasteiger partial charge in [0, 0.05) is 68.9 Å². The minimum Gasteiger partial charge on any atom is -0.379 e. The third kappa shape index (κ3) is 6.82. The highest BCUT2D eigenvalue weighted by Gasteiger charge is 2.17. The highest BCUT2D eigenvalue weighted by Crippen LogP contribution is 2.27. The van der Waals surface area contributed by atoms with Crippen LogP contribution in [0.1, 0.15) is 30.9 Å². The summed E-state index contributed by atoms with van der Waals surface area (Å²) in [5, 5.41) is 6.85. The van der Waals surface area contributed by atoms with Crippen LogP contribution in [0.3, 0.4) is 0 Å². The molecule has 0 atom stereocenters. The van der Waals surface area contributed by atoms with Crippen molar-refractivity contribution in [1.29, 1.82) is 0 Å². The number of hydrogen-bond acceptors (Lipinski definition) is 8. The number of carbonyl (C=O) groups is 1. The number of aromatic nitrogens is 2. The minimum atomic E-state index is 0.178. The highest BCUT2D eigenvalue weighted by atomic mass is 16.5. The third-order valence-electron chi connectivity index (χ3n) is 6.77. The fourth-order valence-electron chi connectivity index (χ4n) is 4.49. The van der Waals surface area contributed by atoms with Crippen LogP contribution in [0.2, 0.25) is 0 Å². The molecular weight excluding hydrogens is 442 g/mol. The lowest BCUT2D eigenvalue weighted by molar-refractivity contribution is -0.130. The van der Waals surface area contributed by atoms with Gasteiger partial charge < -0.3 is 30.1 Å². The minimum absolute atomic E-state index is 0.178. The fraction of sp³-hybridized carbons (Fsp3) is 0.577. The summed E-state index contributed by atoms with van der Waals surface area (Å²) in [7, 11) is 2.18. The van der Waals surface area contributed by atoms with E-state index in [2.05, 4.69) is 57.6 Å². The van der Waals surface area contributed by atoms with Gasteiger partial charge in [0.25, 0.3) is 0 Å². The first-order valence-corrected chi connectivity index (χ1v) is 12.8. The zero-order valence-electron chi connectivity index (χ0n) is 21.3. The molecule has 9 heteroatoms. The van der Waals surface area contributed by atoms with Crippen LogP contribution in [-0.2, 0) is 16.0 Å².